The summed E-state index contributed by atoms with van der Waals surface area (Å²) in [5.74, 6) is -0.261. The summed E-state index contributed by atoms with van der Waals surface area (Å²) in [7, 11) is 0. The summed E-state index contributed by atoms with van der Waals surface area (Å²) in [6, 6.07) is 12.3. The maximum absolute atomic E-state index is 12.9. The van der Waals surface area contributed by atoms with E-state index in [2.05, 4.69) is 20.8 Å². The van der Waals surface area contributed by atoms with Gasteiger partial charge in [-0.1, -0.05) is 53.3 Å². The van der Waals surface area contributed by atoms with Gasteiger partial charge in [0, 0.05) is 22.8 Å². The van der Waals surface area contributed by atoms with E-state index in [4.69, 9.17) is 11.6 Å². The van der Waals surface area contributed by atoms with Crippen molar-refractivity contribution >= 4 is 45.7 Å². The Kier molecular flexibility index (Phi) is 6.20. The Balaban J connectivity index is 1.44. The maximum atomic E-state index is 12.9. The molecule has 0 radical (unpaired) electrons. The van der Waals surface area contributed by atoms with Crippen LogP contribution in [0.1, 0.15) is 24.0 Å². The van der Waals surface area contributed by atoms with Gasteiger partial charge in [0.2, 0.25) is 11.0 Å². The molecule has 31 heavy (non-hydrogen) atoms. The van der Waals surface area contributed by atoms with Gasteiger partial charge in [0.05, 0.1) is 0 Å². The van der Waals surface area contributed by atoms with Crippen LogP contribution < -0.4 is 10.6 Å². The molecule has 0 spiro atoms. The summed E-state index contributed by atoms with van der Waals surface area (Å²) in [6.45, 7) is 4.42. The first-order chi connectivity index (χ1) is 14.9. The molecule has 1 aliphatic rings. The number of carbonyl (C=O) groups excluding carboxylic acids is 2. The smallest absolute Gasteiger partial charge is 0.312 e. The molecule has 160 valence electrons. The van der Waals surface area contributed by atoms with E-state index >= 15 is 0 Å². The first kappa shape index (κ1) is 21.3. The molecule has 1 fully saturated rings. The molecule has 2 N–H and O–H groups in total. The van der Waals surface area contributed by atoms with Crippen molar-refractivity contribution in [3.05, 3.63) is 58.6 Å². The normalized spacial score (nSPS) is 15.7. The highest BCUT2D eigenvalue weighted by atomic mass is 35.5. The molecular weight excluding hydrogens is 434 g/mol. The number of urea groups is 1. The lowest BCUT2D eigenvalue weighted by atomic mass is 10.1. The van der Waals surface area contributed by atoms with Gasteiger partial charge >= 0.3 is 6.03 Å². The summed E-state index contributed by atoms with van der Waals surface area (Å²) in [4.78, 5) is 27.4. The Labute approximate surface area is 189 Å². The van der Waals surface area contributed by atoms with Crippen molar-refractivity contribution in [3.63, 3.8) is 0 Å². The minimum atomic E-state index is -0.553. The Morgan fingerprint density at radius 3 is 2.58 bits per heavy atom. The maximum Gasteiger partial charge on any atom is 0.322 e. The van der Waals surface area contributed by atoms with E-state index in [0.29, 0.717) is 28.1 Å². The molecule has 2 heterocycles. The zero-order valence-electron chi connectivity index (χ0n) is 17.2. The van der Waals surface area contributed by atoms with Crippen LogP contribution in [0.5, 0.6) is 0 Å². The van der Waals surface area contributed by atoms with Crippen LogP contribution in [0.15, 0.2) is 42.5 Å². The Morgan fingerprint density at radius 1 is 1.10 bits per heavy atom. The number of para-hydroxylation sites is 1. The first-order valence-electron chi connectivity index (χ1n) is 9.96. The average molecular weight is 456 g/mol. The van der Waals surface area contributed by atoms with Crippen molar-refractivity contribution in [2.75, 3.05) is 17.2 Å². The molecule has 1 atom stereocenters. The summed E-state index contributed by atoms with van der Waals surface area (Å²) >= 11 is 7.30. The van der Waals surface area contributed by atoms with Crippen LogP contribution in [-0.2, 0) is 4.79 Å². The first-order valence-corrected chi connectivity index (χ1v) is 11.2. The Morgan fingerprint density at radius 2 is 1.84 bits per heavy atom. The molecule has 1 unspecified atom stereocenters. The molecular formula is C22H22ClN5O2S. The van der Waals surface area contributed by atoms with Crippen LogP contribution in [0.3, 0.4) is 0 Å². The van der Waals surface area contributed by atoms with Crippen molar-refractivity contribution in [2.24, 2.45) is 0 Å². The topological polar surface area (TPSA) is 87.2 Å². The van der Waals surface area contributed by atoms with Crippen LogP contribution in [-0.4, -0.2) is 39.6 Å². The molecule has 0 aliphatic carbocycles. The second-order valence-electron chi connectivity index (χ2n) is 7.46. The summed E-state index contributed by atoms with van der Waals surface area (Å²) in [6.07, 6.45) is 1.37. The van der Waals surface area contributed by atoms with Crippen LogP contribution in [0, 0.1) is 13.8 Å². The number of nitrogens with zero attached hydrogens (tertiary/aromatic N) is 3. The molecule has 2 aromatic carbocycles. The monoisotopic (exact) mass is 455 g/mol. The van der Waals surface area contributed by atoms with E-state index in [-0.39, 0.29) is 11.9 Å². The standard InChI is InChI=1S/C22H22ClN5O2S/c1-13-6-3-7-14(2)18(13)24-22(30)28-11-5-10-17(28)19(29)25-21-27-26-20(31-21)15-8-4-9-16(23)12-15/h3-4,6-9,12,17H,5,10-11H2,1-2H3,(H,24,30)(H,25,27,29). The number of hydrogen-bond acceptors (Lipinski definition) is 5. The SMILES string of the molecule is Cc1cccc(C)c1NC(=O)N1CCCC1C(=O)Nc1nnc(-c2cccc(Cl)c2)s1. The molecule has 0 saturated carbocycles. The molecule has 7 nitrogen and oxygen atoms in total. The fourth-order valence-electron chi connectivity index (χ4n) is 3.67. The van der Waals surface area contributed by atoms with Crippen molar-refractivity contribution < 1.29 is 9.59 Å². The van der Waals surface area contributed by atoms with Gasteiger partial charge in [-0.25, -0.2) is 4.79 Å². The number of likely N-dealkylation sites (tertiary alicyclic amines) is 1. The third kappa shape index (κ3) is 4.70. The Hall–Kier alpha value is -2.97. The van der Waals surface area contributed by atoms with Crippen molar-refractivity contribution in [1.82, 2.24) is 15.1 Å². The second-order valence-corrected chi connectivity index (χ2v) is 8.87. The number of amides is 3. The third-order valence-corrected chi connectivity index (χ3v) is 6.38. The molecule has 1 saturated heterocycles. The van der Waals surface area contributed by atoms with E-state index in [1.807, 2.05) is 44.2 Å². The number of aromatic nitrogens is 2. The summed E-state index contributed by atoms with van der Waals surface area (Å²) < 4.78 is 0. The highest BCUT2D eigenvalue weighted by Crippen LogP contribution is 2.29. The number of rotatable bonds is 4. The number of anilines is 2. The lowest BCUT2D eigenvalue weighted by molar-refractivity contribution is -0.119. The summed E-state index contributed by atoms with van der Waals surface area (Å²) in [5.41, 5.74) is 3.58. The van der Waals surface area contributed by atoms with Gasteiger partial charge < -0.3 is 10.2 Å². The van der Waals surface area contributed by atoms with Gasteiger partial charge in [0.1, 0.15) is 11.0 Å². The predicted molar refractivity (Wildman–Crippen MR) is 124 cm³/mol. The van der Waals surface area contributed by atoms with E-state index in [0.717, 1.165) is 28.8 Å². The number of benzene rings is 2. The van der Waals surface area contributed by atoms with Crippen LogP contribution in [0.2, 0.25) is 5.02 Å². The minimum absolute atomic E-state index is 0.261. The van der Waals surface area contributed by atoms with E-state index < -0.39 is 6.04 Å². The van der Waals surface area contributed by atoms with E-state index in [1.165, 1.54) is 11.3 Å². The van der Waals surface area contributed by atoms with Crippen molar-refractivity contribution in [1.29, 1.82) is 0 Å². The predicted octanol–water partition coefficient (Wildman–Crippen LogP) is 5.11. The Bertz CT molecular complexity index is 1110. The van der Waals surface area contributed by atoms with Crippen molar-refractivity contribution in [3.8, 4) is 10.6 Å². The number of hydrogen-bond donors (Lipinski definition) is 2. The number of nitrogens with one attached hydrogen (secondary N) is 2. The zero-order valence-corrected chi connectivity index (χ0v) is 18.8. The van der Waals surface area contributed by atoms with E-state index in [9.17, 15) is 9.59 Å². The molecule has 3 aromatic rings. The van der Waals surface area contributed by atoms with E-state index in [1.54, 1.807) is 17.0 Å². The molecule has 9 heteroatoms. The number of aryl methyl sites for hydroxylation is 2. The van der Waals surface area contributed by atoms with Gasteiger partial charge in [0.25, 0.3) is 0 Å². The van der Waals surface area contributed by atoms with Crippen molar-refractivity contribution in [2.45, 2.75) is 32.7 Å². The minimum Gasteiger partial charge on any atom is -0.312 e. The molecule has 4 rings (SSSR count). The largest absolute Gasteiger partial charge is 0.322 e. The van der Waals surface area contributed by atoms with Gasteiger partial charge in [-0.2, -0.15) is 0 Å². The highest BCUT2D eigenvalue weighted by Gasteiger charge is 2.35. The molecule has 1 aromatic heterocycles. The van der Waals surface area contributed by atoms with Gasteiger partial charge in [-0.3, -0.25) is 10.1 Å². The number of carbonyl (C=O) groups is 2. The van der Waals surface area contributed by atoms with Gasteiger partial charge in [-0.15, -0.1) is 10.2 Å². The lowest BCUT2D eigenvalue weighted by Gasteiger charge is -2.24. The second kappa shape index (κ2) is 9.03. The fourth-order valence-corrected chi connectivity index (χ4v) is 4.61. The highest BCUT2D eigenvalue weighted by molar-refractivity contribution is 7.18. The molecule has 1 aliphatic heterocycles. The number of halogens is 1. The van der Waals surface area contributed by atoms with Gasteiger partial charge in [0.15, 0.2) is 0 Å². The molecule has 0 bridgehead atoms. The lowest BCUT2D eigenvalue weighted by Crippen LogP contribution is -2.45. The van der Waals surface area contributed by atoms with Crippen LogP contribution in [0.25, 0.3) is 10.6 Å². The third-order valence-electron chi connectivity index (χ3n) is 5.26. The average Bonchev–Trinajstić information content (AvgIpc) is 3.40. The summed E-state index contributed by atoms with van der Waals surface area (Å²) in [5, 5.41) is 15.6. The molecule has 3 amide bonds. The quantitative estimate of drug-likeness (QED) is 0.572. The van der Waals surface area contributed by atoms with Gasteiger partial charge in [-0.05, 0) is 49.9 Å². The van der Waals surface area contributed by atoms with Crippen LogP contribution in [0.4, 0.5) is 15.6 Å². The fraction of sp³-hybridized carbons (Fsp3) is 0.273. The zero-order chi connectivity index (χ0) is 22.0. The van der Waals surface area contributed by atoms with Crippen LogP contribution >= 0.6 is 22.9 Å².